The van der Waals surface area contributed by atoms with Crippen molar-refractivity contribution in [1.82, 2.24) is 5.16 Å². The van der Waals surface area contributed by atoms with Crippen LogP contribution in [0.5, 0.6) is 0 Å². The van der Waals surface area contributed by atoms with Crippen molar-refractivity contribution in [3.63, 3.8) is 0 Å². The van der Waals surface area contributed by atoms with E-state index in [1.807, 2.05) is 6.07 Å². The number of amides is 2. The molecule has 3 aromatic rings. The van der Waals surface area contributed by atoms with Gasteiger partial charge in [-0.1, -0.05) is 23.4 Å². The molecule has 0 saturated heterocycles. The lowest BCUT2D eigenvalue weighted by atomic mass is 10.2. The number of ether oxygens (including phenoxy) is 1. The van der Waals surface area contributed by atoms with E-state index in [9.17, 15) is 14.4 Å². The van der Waals surface area contributed by atoms with E-state index in [1.54, 1.807) is 48.5 Å². The fourth-order valence-corrected chi connectivity index (χ4v) is 3.27. The molecule has 0 aliphatic rings. The lowest BCUT2D eigenvalue weighted by Gasteiger charge is -2.10. The van der Waals surface area contributed by atoms with Crippen LogP contribution in [0.3, 0.4) is 0 Å². The molecule has 0 fully saturated rings. The molecule has 9 nitrogen and oxygen atoms in total. The Hall–Kier alpha value is -4.10. The number of benzene rings is 2. The molecule has 1 heterocycles. The molecule has 2 amide bonds. The highest BCUT2D eigenvalue weighted by atomic mass is 32.2. The molecule has 3 rings (SSSR count). The lowest BCUT2D eigenvalue weighted by Crippen LogP contribution is -2.21. The first-order chi connectivity index (χ1) is 15.0. The molecular weight excluding hydrogens is 420 g/mol. The van der Waals surface area contributed by atoms with Crippen LogP contribution in [0.4, 0.5) is 11.5 Å². The summed E-state index contributed by atoms with van der Waals surface area (Å²) in [6.07, 6.45) is 1.30. The molecule has 156 valence electrons. The Labute approximate surface area is 181 Å². The van der Waals surface area contributed by atoms with Crippen LogP contribution in [0.2, 0.25) is 0 Å². The Kier molecular flexibility index (Phi) is 7.40. The summed E-state index contributed by atoms with van der Waals surface area (Å²) >= 11 is 1.15. The second kappa shape index (κ2) is 10.6. The number of carbonyl (C=O) groups excluding carboxylic acids is 3. The minimum absolute atomic E-state index is 0.0354. The molecule has 0 spiro atoms. The van der Waals surface area contributed by atoms with Crippen molar-refractivity contribution in [3.05, 3.63) is 72.0 Å². The van der Waals surface area contributed by atoms with Gasteiger partial charge in [0.2, 0.25) is 5.91 Å². The summed E-state index contributed by atoms with van der Waals surface area (Å²) < 4.78 is 9.65. The number of esters is 1. The molecular formula is C21H16N4O5S. The molecule has 0 bridgehead atoms. The summed E-state index contributed by atoms with van der Waals surface area (Å²) in [5, 5.41) is 17.6. The number of hydrogen-bond donors (Lipinski definition) is 2. The Morgan fingerprint density at radius 1 is 1.06 bits per heavy atom. The van der Waals surface area contributed by atoms with Gasteiger partial charge in [0.25, 0.3) is 5.91 Å². The molecule has 0 aliphatic carbocycles. The molecule has 0 aliphatic heterocycles. The van der Waals surface area contributed by atoms with Crippen LogP contribution in [0, 0.1) is 11.3 Å². The van der Waals surface area contributed by atoms with E-state index in [1.165, 1.54) is 12.3 Å². The van der Waals surface area contributed by atoms with Crippen molar-refractivity contribution in [2.75, 3.05) is 23.0 Å². The van der Waals surface area contributed by atoms with Gasteiger partial charge in [0.05, 0.1) is 22.9 Å². The van der Waals surface area contributed by atoms with Crippen LogP contribution in [0.25, 0.3) is 0 Å². The van der Waals surface area contributed by atoms with E-state index in [-0.39, 0.29) is 23.0 Å². The zero-order valence-electron chi connectivity index (χ0n) is 16.0. The van der Waals surface area contributed by atoms with E-state index in [0.717, 1.165) is 11.8 Å². The third kappa shape index (κ3) is 6.45. The fraction of sp³-hybridized carbons (Fsp3) is 0.0952. The van der Waals surface area contributed by atoms with E-state index in [0.29, 0.717) is 16.1 Å². The third-order valence-corrected chi connectivity index (χ3v) is 4.85. The predicted molar refractivity (Wildman–Crippen MR) is 112 cm³/mol. The van der Waals surface area contributed by atoms with Crippen molar-refractivity contribution in [2.45, 2.75) is 4.90 Å². The number of nitrogens with zero attached hydrogens (tertiary/aromatic N) is 2. The number of aromatic nitrogens is 1. The number of nitrogens with one attached hydrogen (secondary N) is 2. The SMILES string of the molecule is N#Cc1cccc(NC(=O)CSc2ccccc2C(=O)OCC(=O)Nc2ccon2)c1. The Morgan fingerprint density at radius 3 is 2.68 bits per heavy atom. The number of thioether (sulfide) groups is 1. The van der Waals surface area contributed by atoms with Crippen molar-refractivity contribution >= 4 is 41.1 Å². The summed E-state index contributed by atoms with van der Waals surface area (Å²) in [4.78, 5) is 37.0. The highest BCUT2D eigenvalue weighted by Crippen LogP contribution is 2.24. The van der Waals surface area contributed by atoms with Gasteiger partial charge in [-0.15, -0.1) is 11.8 Å². The smallest absolute Gasteiger partial charge is 0.339 e. The standard InChI is InChI=1S/C21H16N4O5S/c22-11-14-4-3-5-15(10-14)23-20(27)13-31-17-7-2-1-6-16(17)21(28)29-12-19(26)24-18-8-9-30-25-18/h1-10H,12-13H2,(H,23,27)(H,24,25,26). The van der Waals surface area contributed by atoms with Gasteiger partial charge in [-0.3, -0.25) is 9.59 Å². The lowest BCUT2D eigenvalue weighted by molar-refractivity contribution is -0.119. The molecule has 0 atom stereocenters. The van der Waals surface area contributed by atoms with Gasteiger partial charge in [-0.25, -0.2) is 4.79 Å². The Morgan fingerprint density at radius 2 is 1.90 bits per heavy atom. The molecule has 0 saturated carbocycles. The van der Waals surface area contributed by atoms with E-state index >= 15 is 0 Å². The average molecular weight is 436 g/mol. The van der Waals surface area contributed by atoms with Gasteiger partial charge in [0.1, 0.15) is 6.26 Å². The summed E-state index contributed by atoms with van der Waals surface area (Å²) in [5.41, 5.74) is 1.18. The third-order valence-electron chi connectivity index (χ3n) is 3.78. The second-order valence-corrected chi connectivity index (χ2v) is 7.05. The van der Waals surface area contributed by atoms with E-state index in [2.05, 4.69) is 20.3 Å². The van der Waals surface area contributed by atoms with Gasteiger partial charge >= 0.3 is 5.97 Å². The molecule has 31 heavy (non-hydrogen) atoms. The maximum Gasteiger partial charge on any atom is 0.339 e. The normalized spacial score (nSPS) is 10.0. The number of anilines is 2. The zero-order chi connectivity index (χ0) is 22.1. The molecule has 0 radical (unpaired) electrons. The number of rotatable bonds is 8. The average Bonchev–Trinajstić information content (AvgIpc) is 3.29. The van der Waals surface area contributed by atoms with Crippen LogP contribution in [-0.4, -0.2) is 35.3 Å². The van der Waals surface area contributed by atoms with Gasteiger partial charge < -0.3 is 19.9 Å². The highest BCUT2D eigenvalue weighted by molar-refractivity contribution is 8.00. The summed E-state index contributed by atoms with van der Waals surface area (Å²) in [7, 11) is 0. The maximum atomic E-state index is 12.4. The van der Waals surface area contributed by atoms with Crippen LogP contribution in [0.1, 0.15) is 15.9 Å². The first-order valence-electron chi connectivity index (χ1n) is 8.94. The van der Waals surface area contributed by atoms with Crippen LogP contribution >= 0.6 is 11.8 Å². The highest BCUT2D eigenvalue weighted by Gasteiger charge is 2.16. The first-order valence-corrected chi connectivity index (χ1v) is 9.93. The fourth-order valence-electron chi connectivity index (χ4n) is 2.43. The topological polar surface area (TPSA) is 134 Å². The van der Waals surface area contributed by atoms with Gasteiger partial charge in [-0.05, 0) is 30.3 Å². The predicted octanol–water partition coefficient (Wildman–Crippen LogP) is 3.07. The van der Waals surface area contributed by atoms with E-state index in [4.69, 9.17) is 10.00 Å². The quantitative estimate of drug-likeness (QED) is 0.406. The summed E-state index contributed by atoms with van der Waals surface area (Å²) in [5.74, 6) is -1.31. The van der Waals surface area contributed by atoms with Crippen molar-refractivity contribution < 1.29 is 23.6 Å². The Bertz CT molecular complexity index is 1120. The monoisotopic (exact) mass is 436 g/mol. The number of carbonyl (C=O) groups is 3. The van der Waals surface area contributed by atoms with Gasteiger partial charge in [-0.2, -0.15) is 5.26 Å². The van der Waals surface area contributed by atoms with E-state index < -0.39 is 18.5 Å². The zero-order valence-corrected chi connectivity index (χ0v) is 16.8. The molecule has 10 heteroatoms. The largest absolute Gasteiger partial charge is 0.452 e. The van der Waals surface area contributed by atoms with Gasteiger partial charge in [0.15, 0.2) is 12.4 Å². The molecule has 2 N–H and O–H groups in total. The second-order valence-electron chi connectivity index (χ2n) is 6.03. The first kappa shape index (κ1) is 21.6. The Balaban J connectivity index is 1.54. The van der Waals surface area contributed by atoms with Crippen LogP contribution in [-0.2, 0) is 14.3 Å². The summed E-state index contributed by atoms with van der Waals surface area (Å²) in [6.45, 7) is -0.500. The number of nitriles is 1. The number of hydrogen-bond acceptors (Lipinski definition) is 8. The van der Waals surface area contributed by atoms with Crippen LogP contribution < -0.4 is 10.6 Å². The maximum absolute atomic E-state index is 12.4. The van der Waals surface area contributed by atoms with Crippen molar-refractivity contribution in [1.29, 1.82) is 5.26 Å². The van der Waals surface area contributed by atoms with Crippen LogP contribution in [0.15, 0.2) is 70.3 Å². The molecule has 0 unspecified atom stereocenters. The minimum Gasteiger partial charge on any atom is -0.452 e. The summed E-state index contributed by atoms with van der Waals surface area (Å²) in [6, 6.07) is 16.6. The van der Waals surface area contributed by atoms with Gasteiger partial charge in [0, 0.05) is 16.6 Å². The minimum atomic E-state index is -0.694. The molecule has 2 aromatic carbocycles. The molecule has 1 aromatic heterocycles. The van der Waals surface area contributed by atoms with Crippen molar-refractivity contribution in [3.8, 4) is 6.07 Å². The van der Waals surface area contributed by atoms with Crippen molar-refractivity contribution in [2.24, 2.45) is 0 Å².